The van der Waals surface area contributed by atoms with E-state index in [2.05, 4.69) is 22.9 Å². The Balaban J connectivity index is 1.63. The molecule has 0 aliphatic heterocycles. The van der Waals surface area contributed by atoms with Crippen molar-refractivity contribution >= 4 is 15.9 Å². The summed E-state index contributed by atoms with van der Waals surface area (Å²) in [4.78, 5) is 0. The number of hydrogen-bond acceptors (Lipinski definition) is 2. The first-order valence-electron chi connectivity index (χ1n) is 6.89. The van der Waals surface area contributed by atoms with Crippen LogP contribution < -0.4 is 9.47 Å². The van der Waals surface area contributed by atoms with E-state index in [1.54, 1.807) is 0 Å². The maximum Gasteiger partial charge on any atom is 0.137 e. The summed E-state index contributed by atoms with van der Waals surface area (Å²) >= 11 is 3.55. The Bertz CT molecular complexity index is 429. The highest BCUT2D eigenvalue weighted by atomic mass is 79.9. The van der Waals surface area contributed by atoms with Gasteiger partial charge in [-0.25, -0.2) is 0 Å². The Labute approximate surface area is 117 Å². The highest BCUT2D eigenvalue weighted by Gasteiger charge is 2.38. The van der Waals surface area contributed by atoms with E-state index in [0.29, 0.717) is 12.2 Å². The van der Waals surface area contributed by atoms with Crippen LogP contribution in [0.15, 0.2) is 22.7 Å². The van der Waals surface area contributed by atoms with Crippen LogP contribution in [-0.2, 0) is 0 Å². The van der Waals surface area contributed by atoms with Crippen molar-refractivity contribution < 1.29 is 9.47 Å². The van der Waals surface area contributed by atoms with Gasteiger partial charge in [0.15, 0.2) is 0 Å². The van der Waals surface area contributed by atoms with Gasteiger partial charge in [-0.2, -0.15) is 0 Å². The first kappa shape index (κ1) is 12.3. The van der Waals surface area contributed by atoms with Gasteiger partial charge in [0.05, 0.1) is 10.6 Å². The molecule has 1 aromatic carbocycles. The van der Waals surface area contributed by atoms with Gasteiger partial charge in [0.25, 0.3) is 0 Å². The highest BCUT2D eigenvalue weighted by Crippen LogP contribution is 2.41. The molecule has 0 N–H and O–H groups in total. The van der Waals surface area contributed by atoms with E-state index in [9.17, 15) is 0 Å². The van der Waals surface area contributed by atoms with Crippen LogP contribution in [0, 0.1) is 5.92 Å². The molecular formula is C15H19BrO2. The zero-order valence-electron chi connectivity index (χ0n) is 10.7. The molecule has 98 valence electrons. The Morgan fingerprint density at radius 1 is 1.28 bits per heavy atom. The van der Waals surface area contributed by atoms with Crippen LogP contribution in [0.5, 0.6) is 11.5 Å². The van der Waals surface area contributed by atoms with Gasteiger partial charge in [-0.3, -0.25) is 0 Å². The number of rotatable bonds is 6. The van der Waals surface area contributed by atoms with Crippen molar-refractivity contribution in [2.45, 2.75) is 51.2 Å². The van der Waals surface area contributed by atoms with E-state index in [4.69, 9.17) is 9.47 Å². The molecular weight excluding hydrogens is 292 g/mol. The van der Waals surface area contributed by atoms with Crippen molar-refractivity contribution in [1.29, 1.82) is 0 Å². The molecule has 0 spiro atoms. The number of hydrogen-bond donors (Lipinski definition) is 0. The van der Waals surface area contributed by atoms with Crippen molar-refractivity contribution in [3.8, 4) is 11.5 Å². The summed E-state index contributed by atoms with van der Waals surface area (Å²) in [6.07, 6.45) is 6.96. The smallest absolute Gasteiger partial charge is 0.137 e. The maximum atomic E-state index is 6.04. The van der Waals surface area contributed by atoms with Gasteiger partial charge in [-0.05, 0) is 59.7 Å². The second-order valence-electron chi connectivity index (χ2n) is 5.35. The number of benzene rings is 1. The molecule has 2 aliphatic carbocycles. The summed E-state index contributed by atoms with van der Waals surface area (Å²) in [6, 6.07) is 6.04. The molecule has 0 aromatic heterocycles. The zero-order chi connectivity index (χ0) is 12.5. The van der Waals surface area contributed by atoms with Crippen LogP contribution in [-0.4, -0.2) is 12.2 Å². The first-order chi connectivity index (χ1) is 8.76. The van der Waals surface area contributed by atoms with E-state index in [1.165, 1.54) is 32.1 Å². The topological polar surface area (TPSA) is 18.5 Å². The molecule has 2 saturated carbocycles. The van der Waals surface area contributed by atoms with Crippen molar-refractivity contribution in [2.24, 2.45) is 5.92 Å². The molecule has 18 heavy (non-hydrogen) atoms. The van der Waals surface area contributed by atoms with E-state index in [0.717, 1.165) is 21.9 Å². The Morgan fingerprint density at radius 2 is 2.11 bits per heavy atom. The zero-order valence-corrected chi connectivity index (χ0v) is 12.3. The van der Waals surface area contributed by atoms with Gasteiger partial charge in [-0.15, -0.1) is 0 Å². The van der Waals surface area contributed by atoms with Gasteiger partial charge in [0.2, 0.25) is 0 Å². The maximum absolute atomic E-state index is 6.04. The van der Waals surface area contributed by atoms with Crippen LogP contribution in [0.25, 0.3) is 0 Å². The third-order valence-electron chi connectivity index (χ3n) is 3.53. The highest BCUT2D eigenvalue weighted by molar-refractivity contribution is 9.10. The minimum atomic E-state index is 0.414. The van der Waals surface area contributed by atoms with Crippen molar-refractivity contribution in [2.75, 3.05) is 0 Å². The van der Waals surface area contributed by atoms with Gasteiger partial charge in [0.1, 0.15) is 17.6 Å². The molecule has 0 radical (unpaired) electrons. The molecule has 3 rings (SSSR count). The van der Waals surface area contributed by atoms with Crippen molar-refractivity contribution in [3.05, 3.63) is 22.7 Å². The molecule has 2 atom stereocenters. The lowest BCUT2D eigenvalue weighted by Gasteiger charge is -2.11. The molecule has 2 fully saturated rings. The summed E-state index contributed by atoms with van der Waals surface area (Å²) in [7, 11) is 0. The van der Waals surface area contributed by atoms with Gasteiger partial charge >= 0.3 is 0 Å². The fourth-order valence-corrected chi connectivity index (χ4v) is 2.57. The number of halogens is 1. The largest absolute Gasteiger partial charge is 0.490 e. The minimum Gasteiger partial charge on any atom is -0.490 e. The van der Waals surface area contributed by atoms with E-state index < -0.39 is 0 Å². The fraction of sp³-hybridized carbons (Fsp3) is 0.600. The quantitative estimate of drug-likeness (QED) is 0.767. The Kier molecular flexibility index (Phi) is 3.51. The van der Waals surface area contributed by atoms with Crippen LogP contribution >= 0.6 is 15.9 Å². The van der Waals surface area contributed by atoms with E-state index in [1.807, 2.05) is 18.2 Å². The molecule has 0 heterocycles. The second kappa shape index (κ2) is 5.12. The molecule has 0 amide bonds. The second-order valence-corrected chi connectivity index (χ2v) is 6.20. The van der Waals surface area contributed by atoms with Crippen LogP contribution in [0.2, 0.25) is 0 Å². The first-order valence-corrected chi connectivity index (χ1v) is 7.68. The summed E-state index contributed by atoms with van der Waals surface area (Å²) in [6.45, 7) is 2.23. The lowest BCUT2D eigenvalue weighted by Crippen LogP contribution is -2.02. The monoisotopic (exact) mass is 310 g/mol. The summed E-state index contributed by atoms with van der Waals surface area (Å²) in [5.41, 5.74) is 0. The standard InChI is InChI=1S/C15H19BrO2/c1-2-3-10-8-14(10)18-15-9-12(6-7-13(15)16)17-11-4-5-11/h6-7,9-11,14H,2-5,8H2,1H3. The Morgan fingerprint density at radius 3 is 2.83 bits per heavy atom. The van der Waals surface area contributed by atoms with Gasteiger partial charge in [0, 0.05) is 6.07 Å². The van der Waals surface area contributed by atoms with Crippen molar-refractivity contribution in [1.82, 2.24) is 0 Å². The van der Waals surface area contributed by atoms with Crippen LogP contribution in [0.1, 0.15) is 39.0 Å². The average Bonchev–Trinajstić information content (AvgIpc) is 3.23. The SMILES string of the molecule is CCCC1CC1Oc1cc(OC2CC2)ccc1Br. The summed E-state index contributed by atoms with van der Waals surface area (Å²) in [5.74, 6) is 2.62. The normalized spacial score (nSPS) is 25.9. The van der Waals surface area contributed by atoms with Crippen LogP contribution in [0.3, 0.4) is 0 Å². The lowest BCUT2D eigenvalue weighted by atomic mass is 10.2. The lowest BCUT2D eigenvalue weighted by molar-refractivity contribution is 0.272. The van der Waals surface area contributed by atoms with Gasteiger partial charge in [-0.1, -0.05) is 13.3 Å². The third kappa shape index (κ3) is 3.00. The molecule has 1 aromatic rings. The molecule has 2 unspecified atom stereocenters. The van der Waals surface area contributed by atoms with E-state index in [-0.39, 0.29) is 0 Å². The van der Waals surface area contributed by atoms with Crippen molar-refractivity contribution in [3.63, 3.8) is 0 Å². The van der Waals surface area contributed by atoms with Crippen LogP contribution in [0.4, 0.5) is 0 Å². The average molecular weight is 311 g/mol. The number of ether oxygens (including phenoxy) is 2. The third-order valence-corrected chi connectivity index (χ3v) is 4.18. The predicted molar refractivity (Wildman–Crippen MR) is 75.2 cm³/mol. The molecule has 2 nitrogen and oxygen atoms in total. The Hall–Kier alpha value is -0.700. The predicted octanol–water partition coefficient (Wildman–Crippen LogP) is 4.56. The van der Waals surface area contributed by atoms with E-state index >= 15 is 0 Å². The molecule has 0 bridgehead atoms. The minimum absolute atomic E-state index is 0.414. The summed E-state index contributed by atoms with van der Waals surface area (Å²) in [5, 5.41) is 0. The molecule has 3 heteroatoms. The molecule has 2 aliphatic rings. The van der Waals surface area contributed by atoms with Gasteiger partial charge < -0.3 is 9.47 Å². The molecule has 0 saturated heterocycles. The fourth-order valence-electron chi connectivity index (χ4n) is 2.23. The summed E-state index contributed by atoms with van der Waals surface area (Å²) < 4.78 is 12.9.